The third kappa shape index (κ3) is 1.76. The standard InChI is InChI=1S/C14H13NS/c1-11-8-13-9-12(4-5-14(13)16-11)10-15-6-2-3-7-15/h2-9H,10H2,1H3. The second-order valence-corrected chi connectivity index (χ2v) is 5.37. The molecule has 0 bridgehead atoms. The first kappa shape index (κ1) is 9.67. The Morgan fingerprint density at radius 2 is 1.94 bits per heavy atom. The van der Waals surface area contributed by atoms with Crippen LogP contribution in [0.3, 0.4) is 0 Å². The fourth-order valence-corrected chi connectivity index (χ4v) is 2.91. The minimum absolute atomic E-state index is 0.956. The molecule has 0 aliphatic heterocycles. The number of rotatable bonds is 2. The van der Waals surface area contributed by atoms with Crippen molar-refractivity contribution in [2.45, 2.75) is 13.5 Å². The van der Waals surface area contributed by atoms with E-state index in [1.807, 2.05) is 11.3 Å². The van der Waals surface area contributed by atoms with Crippen LogP contribution in [-0.2, 0) is 6.54 Å². The molecule has 2 aromatic heterocycles. The average molecular weight is 227 g/mol. The first-order valence-corrected chi connectivity index (χ1v) is 6.23. The van der Waals surface area contributed by atoms with Crippen LogP contribution in [0.15, 0.2) is 48.8 Å². The van der Waals surface area contributed by atoms with E-state index in [9.17, 15) is 0 Å². The summed E-state index contributed by atoms with van der Waals surface area (Å²) >= 11 is 1.86. The van der Waals surface area contributed by atoms with Gasteiger partial charge in [0.05, 0.1) is 0 Å². The van der Waals surface area contributed by atoms with E-state index >= 15 is 0 Å². The molecule has 0 aliphatic rings. The quantitative estimate of drug-likeness (QED) is 0.622. The highest BCUT2D eigenvalue weighted by atomic mass is 32.1. The normalized spacial score (nSPS) is 11.1. The van der Waals surface area contributed by atoms with Crippen molar-refractivity contribution in [3.05, 3.63) is 59.2 Å². The van der Waals surface area contributed by atoms with Crippen LogP contribution in [0.4, 0.5) is 0 Å². The number of hydrogen-bond donors (Lipinski definition) is 0. The van der Waals surface area contributed by atoms with Gasteiger partial charge in [0.2, 0.25) is 0 Å². The number of benzene rings is 1. The maximum Gasteiger partial charge on any atom is 0.0470 e. The number of nitrogens with zero attached hydrogens (tertiary/aromatic N) is 1. The molecule has 1 aromatic carbocycles. The molecular weight excluding hydrogens is 214 g/mol. The highest BCUT2D eigenvalue weighted by Gasteiger charge is 2.00. The molecule has 3 rings (SSSR count). The molecule has 0 spiro atoms. The number of hydrogen-bond acceptors (Lipinski definition) is 1. The van der Waals surface area contributed by atoms with E-state index in [1.54, 1.807) is 0 Å². The Labute approximate surface area is 99.0 Å². The first-order valence-electron chi connectivity index (χ1n) is 5.41. The maximum atomic E-state index is 2.29. The molecule has 0 amide bonds. The molecule has 0 atom stereocenters. The Balaban J connectivity index is 1.98. The third-order valence-electron chi connectivity index (χ3n) is 2.74. The van der Waals surface area contributed by atoms with Crippen molar-refractivity contribution >= 4 is 21.4 Å². The summed E-state index contributed by atoms with van der Waals surface area (Å²) in [6, 6.07) is 13.1. The van der Waals surface area contributed by atoms with Crippen LogP contribution >= 0.6 is 11.3 Å². The van der Waals surface area contributed by atoms with E-state index in [0.29, 0.717) is 0 Å². The van der Waals surface area contributed by atoms with Crippen LogP contribution in [0.5, 0.6) is 0 Å². The largest absolute Gasteiger partial charge is 0.350 e. The van der Waals surface area contributed by atoms with Crippen molar-refractivity contribution in [1.82, 2.24) is 4.57 Å². The van der Waals surface area contributed by atoms with Crippen LogP contribution < -0.4 is 0 Å². The van der Waals surface area contributed by atoms with Crippen LogP contribution in [0.25, 0.3) is 10.1 Å². The molecule has 80 valence electrons. The molecule has 3 aromatic rings. The number of thiophene rings is 1. The summed E-state index contributed by atoms with van der Waals surface area (Å²) in [6.45, 7) is 3.12. The highest BCUT2D eigenvalue weighted by Crippen LogP contribution is 2.25. The van der Waals surface area contributed by atoms with Gasteiger partial charge in [-0.05, 0) is 48.2 Å². The highest BCUT2D eigenvalue weighted by molar-refractivity contribution is 7.19. The lowest BCUT2D eigenvalue weighted by molar-refractivity contribution is 0.807. The van der Waals surface area contributed by atoms with Crippen molar-refractivity contribution in [3.63, 3.8) is 0 Å². The van der Waals surface area contributed by atoms with Gasteiger partial charge in [0.1, 0.15) is 0 Å². The fraction of sp³-hybridized carbons (Fsp3) is 0.143. The predicted octanol–water partition coefficient (Wildman–Crippen LogP) is 4.06. The van der Waals surface area contributed by atoms with Gasteiger partial charge in [-0.25, -0.2) is 0 Å². The lowest BCUT2D eigenvalue weighted by atomic mass is 10.1. The summed E-state index contributed by atoms with van der Waals surface area (Å²) in [4.78, 5) is 1.38. The molecule has 0 fully saturated rings. The predicted molar refractivity (Wildman–Crippen MR) is 70.1 cm³/mol. The van der Waals surface area contributed by atoms with Crippen molar-refractivity contribution in [1.29, 1.82) is 0 Å². The van der Waals surface area contributed by atoms with Crippen LogP contribution in [0.1, 0.15) is 10.4 Å². The molecule has 0 radical (unpaired) electrons. The molecule has 16 heavy (non-hydrogen) atoms. The smallest absolute Gasteiger partial charge is 0.0470 e. The van der Waals surface area contributed by atoms with E-state index in [0.717, 1.165) is 6.54 Å². The Morgan fingerprint density at radius 1 is 1.12 bits per heavy atom. The van der Waals surface area contributed by atoms with Gasteiger partial charge in [-0.3, -0.25) is 0 Å². The topological polar surface area (TPSA) is 4.93 Å². The van der Waals surface area contributed by atoms with Crippen LogP contribution in [0, 0.1) is 6.92 Å². The van der Waals surface area contributed by atoms with E-state index < -0.39 is 0 Å². The number of aromatic nitrogens is 1. The molecule has 0 aliphatic carbocycles. The zero-order valence-corrected chi connectivity index (χ0v) is 10.00. The van der Waals surface area contributed by atoms with Gasteiger partial charge in [-0.1, -0.05) is 6.07 Å². The van der Waals surface area contributed by atoms with Gasteiger partial charge in [0, 0.05) is 28.5 Å². The van der Waals surface area contributed by atoms with Gasteiger partial charge in [-0.2, -0.15) is 0 Å². The van der Waals surface area contributed by atoms with Gasteiger partial charge in [-0.15, -0.1) is 11.3 Å². The Kier molecular flexibility index (Phi) is 2.29. The van der Waals surface area contributed by atoms with E-state index in [1.165, 1.54) is 20.5 Å². The summed E-state index contributed by atoms with van der Waals surface area (Å²) in [6.07, 6.45) is 4.20. The first-order chi connectivity index (χ1) is 7.81. The molecule has 0 N–H and O–H groups in total. The Hall–Kier alpha value is -1.54. The van der Waals surface area contributed by atoms with Gasteiger partial charge < -0.3 is 4.57 Å². The monoisotopic (exact) mass is 227 g/mol. The number of fused-ring (bicyclic) bond motifs is 1. The van der Waals surface area contributed by atoms with Crippen LogP contribution in [-0.4, -0.2) is 4.57 Å². The van der Waals surface area contributed by atoms with Crippen LogP contribution in [0.2, 0.25) is 0 Å². The van der Waals surface area contributed by atoms with Crippen molar-refractivity contribution < 1.29 is 0 Å². The number of aryl methyl sites for hydroxylation is 1. The summed E-state index contributed by atoms with van der Waals surface area (Å²) < 4.78 is 3.58. The summed E-state index contributed by atoms with van der Waals surface area (Å²) in [7, 11) is 0. The van der Waals surface area contributed by atoms with E-state index in [4.69, 9.17) is 0 Å². The van der Waals surface area contributed by atoms with Crippen molar-refractivity contribution in [3.8, 4) is 0 Å². The Bertz CT molecular complexity index is 605. The van der Waals surface area contributed by atoms with Gasteiger partial charge in [0.25, 0.3) is 0 Å². The summed E-state index contributed by atoms with van der Waals surface area (Å²) in [5, 5.41) is 1.37. The average Bonchev–Trinajstić information content (AvgIpc) is 2.85. The zero-order valence-electron chi connectivity index (χ0n) is 9.18. The molecule has 0 unspecified atom stereocenters. The summed E-state index contributed by atoms with van der Waals surface area (Å²) in [5.74, 6) is 0. The van der Waals surface area contributed by atoms with E-state index in [2.05, 4.69) is 60.3 Å². The molecule has 2 heterocycles. The zero-order chi connectivity index (χ0) is 11.0. The lowest BCUT2D eigenvalue weighted by Crippen LogP contribution is -1.95. The minimum Gasteiger partial charge on any atom is -0.350 e. The fourth-order valence-electron chi connectivity index (χ4n) is 2.01. The second-order valence-electron chi connectivity index (χ2n) is 4.08. The summed E-state index contributed by atoms with van der Waals surface area (Å²) in [5.41, 5.74) is 1.36. The third-order valence-corrected chi connectivity index (χ3v) is 3.77. The molecule has 0 saturated heterocycles. The Morgan fingerprint density at radius 3 is 2.75 bits per heavy atom. The molecule has 1 nitrogen and oxygen atoms in total. The lowest BCUT2D eigenvalue weighted by Gasteiger charge is -2.03. The molecule has 0 saturated carbocycles. The van der Waals surface area contributed by atoms with Gasteiger partial charge >= 0.3 is 0 Å². The second kappa shape index (κ2) is 3.80. The van der Waals surface area contributed by atoms with Gasteiger partial charge in [0.15, 0.2) is 0 Å². The maximum absolute atomic E-state index is 2.29. The molecule has 2 heteroatoms. The SMILES string of the molecule is Cc1cc2cc(Cn3cccc3)ccc2s1. The van der Waals surface area contributed by atoms with Crippen molar-refractivity contribution in [2.75, 3.05) is 0 Å². The van der Waals surface area contributed by atoms with Crippen molar-refractivity contribution in [2.24, 2.45) is 0 Å². The molecular formula is C14H13NS. The van der Waals surface area contributed by atoms with E-state index in [-0.39, 0.29) is 0 Å². The minimum atomic E-state index is 0.956.